The second-order valence-electron chi connectivity index (χ2n) is 3.84. The number of halogens is 4. The van der Waals surface area contributed by atoms with Crippen LogP contribution in [0.1, 0.15) is 18.9 Å². The van der Waals surface area contributed by atoms with Crippen LogP contribution in [-0.2, 0) is 6.61 Å². The molecule has 96 valence electrons. The molecule has 0 aromatic heterocycles. The van der Waals surface area contributed by atoms with E-state index in [2.05, 4.69) is 5.32 Å². The lowest BCUT2D eigenvalue weighted by Gasteiger charge is -2.18. The van der Waals surface area contributed by atoms with Gasteiger partial charge in [0.05, 0.1) is 23.7 Å². The Morgan fingerprint density at radius 1 is 1.41 bits per heavy atom. The molecule has 0 amide bonds. The SMILES string of the molecule is CC(CC(F)(F)F)Nc1cc(CO)ccc1Cl. The zero-order valence-corrected chi connectivity index (χ0v) is 9.94. The van der Waals surface area contributed by atoms with E-state index >= 15 is 0 Å². The predicted molar refractivity (Wildman–Crippen MR) is 61.1 cm³/mol. The van der Waals surface area contributed by atoms with E-state index in [9.17, 15) is 13.2 Å². The lowest BCUT2D eigenvalue weighted by atomic mass is 10.1. The molecule has 0 aliphatic heterocycles. The van der Waals surface area contributed by atoms with Crippen molar-refractivity contribution in [2.24, 2.45) is 0 Å². The minimum atomic E-state index is -4.21. The van der Waals surface area contributed by atoms with Crippen LogP contribution in [0.3, 0.4) is 0 Å². The molecule has 1 aromatic rings. The fourth-order valence-corrected chi connectivity index (χ4v) is 1.62. The third-order valence-electron chi connectivity index (χ3n) is 2.15. The van der Waals surface area contributed by atoms with Gasteiger partial charge in [-0.2, -0.15) is 13.2 Å². The average molecular weight is 268 g/mol. The summed E-state index contributed by atoms with van der Waals surface area (Å²) in [7, 11) is 0. The van der Waals surface area contributed by atoms with Crippen molar-refractivity contribution in [1.29, 1.82) is 0 Å². The standard InChI is InChI=1S/C11H13ClF3NO/c1-7(5-11(13,14)15)16-10-4-8(6-17)2-3-9(10)12/h2-4,7,16-17H,5-6H2,1H3. The van der Waals surface area contributed by atoms with E-state index in [0.717, 1.165) is 0 Å². The number of hydrogen-bond acceptors (Lipinski definition) is 2. The summed E-state index contributed by atoms with van der Waals surface area (Å²) in [4.78, 5) is 0. The molecule has 0 saturated carbocycles. The molecule has 0 saturated heterocycles. The highest BCUT2D eigenvalue weighted by molar-refractivity contribution is 6.33. The van der Waals surface area contributed by atoms with Crippen LogP contribution in [0.15, 0.2) is 18.2 Å². The Morgan fingerprint density at radius 2 is 2.06 bits per heavy atom. The van der Waals surface area contributed by atoms with Gasteiger partial charge in [-0.05, 0) is 24.6 Å². The van der Waals surface area contributed by atoms with Gasteiger partial charge in [-0.15, -0.1) is 0 Å². The summed E-state index contributed by atoms with van der Waals surface area (Å²) < 4.78 is 36.4. The Morgan fingerprint density at radius 3 is 2.59 bits per heavy atom. The number of aliphatic hydroxyl groups excluding tert-OH is 1. The summed E-state index contributed by atoms with van der Waals surface area (Å²) in [6.45, 7) is 1.24. The first-order chi connectivity index (χ1) is 7.81. The normalized spacial score (nSPS) is 13.5. The first kappa shape index (κ1) is 14.1. The number of hydrogen-bond donors (Lipinski definition) is 2. The summed E-state index contributed by atoms with van der Waals surface area (Å²) in [5.41, 5.74) is 0.992. The third kappa shape index (κ3) is 4.83. The third-order valence-corrected chi connectivity index (χ3v) is 2.48. The summed E-state index contributed by atoms with van der Waals surface area (Å²) >= 11 is 5.84. The van der Waals surface area contributed by atoms with Crippen molar-refractivity contribution in [3.63, 3.8) is 0 Å². The largest absolute Gasteiger partial charge is 0.392 e. The van der Waals surface area contributed by atoms with E-state index in [4.69, 9.17) is 16.7 Å². The van der Waals surface area contributed by atoms with Crippen LogP contribution in [0.2, 0.25) is 5.02 Å². The second-order valence-corrected chi connectivity index (χ2v) is 4.24. The number of nitrogens with one attached hydrogen (secondary N) is 1. The molecule has 0 heterocycles. The Kier molecular flexibility index (Phi) is 4.65. The highest BCUT2D eigenvalue weighted by Gasteiger charge is 2.30. The van der Waals surface area contributed by atoms with Gasteiger partial charge in [-0.25, -0.2) is 0 Å². The van der Waals surface area contributed by atoms with Gasteiger partial charge >= 0.3 is 6.18 Å². The smallest absolute Gasteiger partial charge is 0.391 e. The molecular weight excluding hydrogens is 255 g/mol. The van der Waals surface area contributed by atoms with Gasteiger partial charge in [0.1, 0.15) is 0 Å². The van der Waals surface area contributed by atoms with Gasteiger partial charge < -0.3 is 10.4 Å². The van der Waals surface area contributed by atoms with Crippen molar-refractivity contribution in [1.82, 2.24) is 0 Å². The van der Waals surface area contributed by atoms with Crippen molar-refractivity contribution in [2.45, 2.75) is 32.2 Å². The maximum Gasteiger partial charge on any atom is 0.391 e. The molecule has 0 spiro atoms. The summed E-state index contributed by atoms with van der Waals surface area (Å²) in [6, 6.07) is 3.91. The number of aliphatic hydroxyl groups is 1. The lowest BCUT2D eigenvalue weighted by molar-refractivity contribution is -0.136. The number of benzene rings is 1. The molecule has 0 aliphatic carbocycles. The van der Waals surface area contributed by atoms with Gasteiger partial charge in [0.2, 0.25) is 0 Å². The highest BCUT2D eigenvalue weighted by Crippen LogP contribution is 2.27. The molecule has 0 fully saturated rings. The quantitative estimate of drug-likeness (QED) is 0.874. The molecular formula is C11H13ClF3NO. The Hall–Kier alpha value is -0.940. The summed E-state index contributed by atoms with van der Waals surface area (Å²) in [6.07, 6.45) is -5.15. The van der Waals surface area contributed by atoms with Gasteiger partial charge in [0.25, 0.3) is 0 Å². The van der Waals surface area contributed by atoms with Crippen LogP contribution in [-0.4, -0.2) is 17.3 Å². The number of anilines is 1. The van der Waals surface area contributed by atoms with E-state index in [1.54, 1.807) is 6.07 Å². The predicted octanol–water partition coefficient (Wildman–Crippen LogP) is 3.59. The molecule has 1 unspecified atom stereocenters. The molecule has 0 aliphatic rings. The molecule has 1 atom stereocenters. The number of alkyl halides is 3. The van der Waals surface area contributed by atoms with Crippen molar-refractivity contribution in [3.8, 4) is 0 Å². The van der Waals surface area contributed by atoms with Gasteiger partial charge in [0, 0.05) is 6.04 Å². The molecule has 1 rings (SSSR count). The molecule has 2 nitrogen and oxygen atoms in total. The minimum absolute atomic E-state index is 0.181. The van der Waals surface area contributed by atoms with E-state index in [0.29, 0.717) is 16.3 Å². The van der Waals surface area contributed by atoms with Gasteiger partial charge in [0.15, 0.2) is 0 Å². The summed E-state index contributed by atoms with van der Waals surface area (Å²) in [5.74, 6) is 0. The van der Waals surface area contributed by atoms with E-state index in [1.807, 2.05) is 0 Å². The van der Waals surface area contributed by atoms with Gasteiger partial charge in [-0.3, -0.25) is 0 Å². The fourth-order valence-electron chi connectivity index (χ4n) is 1.45. The zero-order valence-electron chi connectivity index (χ0n) is 9.18. The van der Waals surface area contributed by atoms with Crippen molar-refractivity contribution < 1.29 is 18.3 Å². The topological polar surface area (TPSA) is 32.3 Å². The first-order valence-corrected chi connectivity index (χ1v) is 5.42. The Labute approximate surface area is 102 Å². The number of rotatable bonds is 4. The Balaban J connectivity index is 2.73. The first-order valence-electron chi connectivity index (χ1n) is 5.04. The Bertz CT molecular complexity index is 381. The van der Waals surface area contributed by atoms with Crippen molar-refractivity contribution >= 4 is 17.3 Å². The maximum atomic E-state index is 12.1. The van der Waals surface area contributed by atoms with Crippen LogP contribution < -0.4 is 5.32 Å². The second kappa shape index (κ2) is 5.60. The summed E-state index contributed by atoms with van der Waals surface area (Å²) in [5, 5.41) is 11.9. The van der Waals surface area contributed by atoms with Gasteiger partial charge in [-0.1, -0.05) is 17.7 Å². The molecule has 0 radical (unpaired) electrons. The highest BCUT2D eigenvalue weighted by atomic mass is 35.5. The van der Waals surface area contributed by atoms with Crippen LogP contribution in [0.25, 0.3) is 0 Å². The molecule has 0 bridgehead atoms. The van der Waals surface area contributed by atoms with Crippen LogP contribution in [0.4, 0.5) is 18.9 Å². The van der Waals surface area contributed by atoms with Crippen molar-refractivity contribution in [2.75, 3.05) is 5.32 Å². The fraction of sp³-hybridized carbons (Fsp3) is 0.455. The zero-order chi connectivity index (χ0) is 13.1. The minimum Gasteiger partial charge on any atom is -0.392 e. The average Bonchev–Trinajstić information content (AvgIpc) is 2.18. The van der Waals surface area contributed by atoms with E-state index in [-0.39, 0.29) is 6.61 Å². The van der Waals surface area contributed by atoms with E-state index in [1.165, 1.54) is 19.1 Å². The maximum absolute atomic E-state index is 12.1. The van der Waals surface area contributed by atoms with Crippen LogP contribution in [0, 0.1) is 0 Å². The molecule has 1 aromatic carbocycles. The van der Waals surface area contributed by atoms with Crippen molar-refractivity contribution in [3.05, 3.63) is 28.8 Å². The molecule has 6 heteroatoms. The van der Waals surface area contributed by atoms with E-state index < -0.39 is 18.6 Å². The van der Waals surface area contributed by atoms with Crippen LogP contribution >= 0.6 is 11.6 Å². The molecule has 17 heavy (non-hydrogen) atoms. The lowest BCUT2D eigenvalue weighted by Crippen LogP contribution is -2.24. The van der Waals surface area contributed by atoms with Crippen LogP contribution in [0.5, 0.6) is 0 Å². The monoisotopic (exact) mass is 267 g/mol. The molecule has 2 N–H and O–H groups in total.